The van der Waals surface area contributed by atoms with Crippen molar-refractivity contribution in [3.8, 4) is 0 Å². The zero-order valence-electron chi connectivity index (χ0n) is 5.26. The predicted octanol–water partition coefficient (Wildman–Crippen LogP) is 0.306. The number of rotatable bonds is 2. The van der Waals surface area contributed by atoms with Crippen LogP contribution in [0.1, 0.15) is 13.8 Å². The molecule has 0 heterocycles. The van der Waals surface area contributed by atoms with E-state index in [1.807, 2.05) is 6.92 Å². The molecule has 8 heavy (non-hydrogen) atoms. The smallest absolute Gasteiger partial charge is 0.0978 e. The third-order valence-corrected chi connectivity index (χ3v) is 1.15. The number of allylic oxidation sites excluding steroid dienone is 1. The fourth-order valence-electron chi connectivity index (χ4n) is 0.336. The van der Waals surface area contributed by atoms with E-state index in [1.165, 1.54) is 0 Å². The average Bonchev–Trinajstić information content (AvgIpc) is 1.84. The van der Waals surface area contributed by atoms with Crippen molar-refractivity contribution < 1.29 is 10.2 Å². The van der Waals surface area contributed by atoms with Crippen molar-refractivity contribution in [3.63, 3.8) is 0 Å². The van der Waals surface area contributed by atoms with E-state index in [0.717, 1.165) is 5.57 Å². The molecule has 0 saturated carbocycles. The van der Waals surface area contributed by atoms with Gasteiger partial charge in [-0.1, -0.05) is 6.08 Å². The standard InChI is InChI=1S/C6H12O2/c1-3-5(2)6(8)4-7/h3,6-8H,4H2,1-2H3/b5-3-/t6-/m1/s1. The third kappa shape index (κ3) is 2.09. The summed E-state index contributed by atoms with van der Waals surface area (Å²) in [6.45, 7) is 3.42. The molecule has 0 aromatic heterocycles. The molecule has 0 spiro atoms. The Balaban J connectivity index is 3.63. The van der Waals surface area contributed by atoms with Crippen molar-refractivity contribution in [2.75, 3.05) is 6.61 Å². The molecule has 0 radical (unpaired) electrons. The van der Waals surface area contributed by atoms with Crippen LogP contribution in [0.25, 0.3) is 0 Å². The molecule has 2 heteroatoms. The molecule has 0 bridgehead atoms. The van der Waals surface area contributed by atoms with E-state index in [0.29, 0.717) is 0 Å². The van der Waals surface area contributed by atoms with Crippen LogP contribution >= 0.6 is 0 Å². The molecule has 0 aromatic rings. The second-order valence-electron chi connectivity index (χ2n) is 1.73. The average molecular weight is 116 g/mol. The highest BCUT2D eigenvalue weighted by atomic mass is 16.3. The molecule has 48 valence electrons. The van der Waals surface area contributed by atoms with Crippen LogP contribution in [0.5, 0.6) is 0 Å². The van der Waals surface area contributed by atoms with Crippen molar-refractivity contribution in [2.45, 2.75) is 20.0 Å². The zero-order chi connectivity index (χ0) is 6.57. The minimum absolute atomic E-state index is 0.184. The first kappa shape index (κ1) is 7.66. The summed E-state index contributed by atoms with van der Waals surface area (Å²) in [6, 6.07) is 0. The third-order valence-electron chi connectivity index (χ3n) is 1.15. The quantitative estimate of drug-likeness (QED) is 0.509. The molecule has 0 aliphatic heterocycles. The van der Waals surface area contributed by atoms with Crippen LogP contribution in [-0.4, -0.2) is 22.9 Å². The van der Waals surface area contributed by atoms with Gasteiger partial charge in [0, 0.05) is 0 Å². The number of hydrogen-bond acceptors (Lipinski definition) is 2. The summed E-state index contributed by atoms with van der Waals surface area (Å²) in [5.74, 6) is 0. The monoisotopic (exact) mass is 116 g/mol. The Hall–Kier alpha value is -0.340. The van der Waals surface area contributed by atoms with Gasteiger partial charge in [-0.15, -0.1) is 0 Å². The van der Waals surface area contributed by atoms with E-state index in [4.69, 9.17) is 10.2 Å². The Labute approximate surface area is 49.5 Å². The predicted molar refractivity (Wildman–Crippen MR) is 32.5 cm³/mol. The highest BCUT2D eigenvalue weighted by Crippen LogP contribution is 1.97. The van der Waals surface area contributed by atoms with Crippen molar-refractivity contribution >= 4 is 0 Å². The lowest BCUT2D eigenvalue weighted by Gasteiger charge is -2.04. The maximum atomic E-state index is 8.81. The van der Waals surface area contributed by atoms with Gasteiger partial charge < -0.3 is 10.2 Å². The second kappa shape index (κ2) is 3.64. The van der Waals surface area contributed by atoms with Gasteiger partial charge in [0.25, 0.3) is 0 Å². The van der Waals surface area contributed by atoms with Gasteiger partial charge >= 0.3 is 0 Å². The van der Waals surface area contributed by atoms with E-state index >= 15 is 0 Å². The molecule has 0 saturated heterocycles. The van der Waals surface area contributed by atoms with Gasteiger partial charge in [-0.3, -0.25) is 0 Å². The summed E-state index contributed by atoms with van der Waals surface area (Å²) < 4.78 is 0. The normalized spacial score (nSPS) is 16.2. The van der Waals surface area contributed by atoms with E-state index in [-0.39, 0.29) is 6.61 Å². The van der Waals surface area contributed by atoms with Crippen LogP contribution in [0, 0.1) is 0 Å². The topological polar surface area (TPSA) is 40.5 Å². The Morgan fingerprint density at radius 3 is 2.38 bits per heavy atom. The minimum atomic E-state index is -0.667. The summed E-state index contributed by atoms with van der Waals surface area (Å²) in [6.07, 6.45) is 1.11. The van der Waals surface area contributed by atoms with Crippen molar-refractivity contribution in [3.05, 3.63) is 11.6 Å². The molecule has 0 aliphatic rings. The van der Waals surface area contributed by atoms with E-state index in [1.54, 1.807) is 13.0 Å². The second-order valence-corrected chi connectivity index (χ2v) is 1.73. The molecule has 1 atom stereocenters. The van der Waals surface area contributed by atoms with E-state index in [9.17, 15) is 0 Å². The lowest BCUT2D eigenvalue weighted by atomic mass is 10.2. The van der Waals surface area contributed by atoms with Gasteiger partial charge in [-0.2, -0.15) is 0 Å². The molecular formula is C6H12O2. The maximum Gasteiger partial charge on any atom is 0.0978 e. The molecule has 2 nitrogen and oxygen atoms in total. The molecule has 0 fully saturated rings. The SMILES string of the molecule is C/C=C(/C)[C@H](O)CO. The van der Waals surface area contributed by atoms with Gasteiger partial charge in [0.05, 0.1) is 12.7 Å². The van der Waals surface area contributed by atoms with Gasteiger partial charge in [0.2, 0.25) is 0 Å². The van der Waals surface area contributed by atoms with E-state index < -0.39 is 6.10 Å². The first-order valence-electron chi connectivity index (χ1n) is 2.64. The largest absolute Gasteiger partial charge is 0.393 e. The Kier molecular flexibility index (Phi) is 3.48. The van der Waals surface area contributed by atoms with Gasteiger partial charge in [-0.25, -0.2) is 0 Å². The summed E-state index contributed by atoms with van der Waals surface area (Å²) in [7, 11) is 0. The van der Waals surface area contributed by atoms with Gasteiger partial charge in [0.15, 0.2) is 0 Å². The summed E-state index contributed by atoms with van der Waals surface area (Å²) in [5, 5.41) is 17.2. The fourth-order valence-corrected chi connectivity index (χ4v) is 0.336. The molecule has 0 aromatic carbocycles. The summed E-state index contributed by atoms with van der Waals surface area (Å²) >= 11 is 0. The maximum absolute atomic E-state index is 8.81. The lowest BCUT2D eigenvalue weighted by Crippen LogP contribution is -2.12. The molecule has 0 aliphatic carbocycles. The molecule has 0 amide bonds. The molecular weight excluding hydrogens is 104 g/mol. The highest BCUT2D eigenvalue weighted by molar-refractivity contribution is 5.01. The number of aliphatic hydroxyl groups excluding tert-OH is 2. The molecule has 0 unspecified atom stereocenters. The van der Waals surface area contributed by atoms with Crippen molar-refractivity contribution in [2.24, 2.45) is 0 Å². The summed E-state index contributed by atoms with van der Waals surface area (Å²) in [4.78, 5) is 0. The number of aliphatic hydroxyl groups is 2. The van der Waals surface area contributed by atoms with Crippen LogP contribution in [0.4, 0.5) is 0 Å². The Morgan fingerprint density at radius 1 is 1.75 bits per heavy atom. The van der Waals surface area contributed by atoms with Crippen molar-refractivity contribution in [1.29, 1.82) is 0 Å². The number of hydrogen-bond donors (Lipinski definition) is 2. The Bertz CT molecular complexity index is 86.5. The fraction of sp³-hybridized carbons (Fsp3) is 0.667. The molecule has 0 rings (SSSR count). The Morgan fingerprint density at radius 2 is 2.25 bits per heavy atom. The molecule has 2 N–H and O–H groups in total. The van der Waals surface area contributed by atoms with E-state index in [2.05, 4.69) is 0 Å². The van der Waals surface area contributed by atoms with Crippen LogP contribution < -0.4 is 0 Å². The van der Waals surface area contributed by atoms with Gasteiger partial charge in [-0.05, 0) is 19.4 Å². The van der Waals surface area contributed by atoms with Crippen LogP contribution in [0.2, 0.25) is 0 Å². The first-order chi connectivity index (χ1) is 3.72. The van der Waals surface area contributed by atoms with Gasteiger partial charge in [0.1, 0.15) is 0 Å². The first-order valence-corrected chi connectivity index (χ1v) is 2.64. The van der Waals surface area contributed by atoms with Crippen LogP contribution in [0.3, 0.4) is 0 Å². The minimum Gasteiger partial charge on any atom is -0.393 e. The van der Waals surface area contributed by atoms with Crippen molar-refractivity contribution in [1.82, 2.24) is 0 Å². The zero-order valence-corrected chi connectivity index (χ0v) is 5.26. The summed E-state index contributed by atoms with van der Waals surface area (Å²) in [5.41, 5.74) is 0.813. The lowest BCUT2D eigenvalue weighted by molar-refractivity contribution is 0.122. The van der Waals surface area contributed by atoms with Crippen LogP contribution in [0.15, 0.2) is 11.6 Å². The highest BCUT2D eigenvalue weighted by Gasteiger charge is 2.00. The van der Waals surface area contributed by atoms with Crippen LogP contribution in [-0.2, 0) is 0 Å².